The Kier molecular flexibility index (Phi) is 10.0. The van der Waals surface area contributed by atoms with Gasteiger partial charge in [0.15, 0.2) is 18.5 Å². The Hall–Kier alpha value is -2.04. The Morgan fingerprint density at radius 1 is 1.07 bits per heavy atom. The van der Waals surface area contributed by atoms with Crippen LogP contribution in [0.3, 0.4) is 0 Å². The highest BCUT2D eigenvalue weighted by molar-refractivity contribution is 5.84. The molecule has 9 nitrogen and oxygen atoms in total. The minimum Gasteiger partial charge on any atom is -0.451 e. The van der Waals surface area contributed by atoms with Crippen LogP contribution in [0.4, 0.5) is 0 Å². The molecule has 6 atom stereocenters. The summed E-state index contributed by atoms with van der Waals surface area (Å²) in [6, 6.07) is 9.34. The second-order valence-electron chi connectivity index (χ2n) is 6.62. The molecule has 0 radical (unpaired) electrons. The van der Waals surface area contributed by atoms with Crippen molar-refractivity contribution >= 4 is 11.9 Å². The topological polar surface area (TPSA) is 146 Å². The molecule has 0 aliphatic heterocycles. The number of aliphatic hydroxyl groups excluding tert-OH is 4. The van der Waals surface area contributed by atoms with E-state index in [-0.39, 0.29) is 6.04 Å². The molecule has 1 rings (SSSR count). The van der Waals surface area contributed by atoms with E-state index in [9.17, 15) is 24.9 Å². The van der Waals surface area contributed by atoms with Crippen LogP contribution in [-0.2, 0) is 25.5 Å². The van der Waals surface area contributed by atoms with Gasteiger partial charge in [-0.2, -0.15) is 0 Å². The number of aliphatic hydroxyl groups is 4. The van der Waals surface area contributed by atoms with E-state index in [1.54, 1.807) is 0 Å². The third-order valence-corrected chi connectivity index (χ3v) is 3.91. The normalized spacial score (nSPS) is 17.7. The van der Waals surface area contributed by atoms with Gasteiger partial charge in [0.25, 0.3) is 5.91 Å². The zero-order chi connectivity index (χ0) is 21.3. The maximum absolute atomic E-state index is 12.2. The molecule has 0 fully saturated rings. The standard InChI is InChI=1S/C19H29NO8/c1-11(9-14-7-5-4-6-8-14)20-17(24)13(3)27-19(26)16(12(2)22)28-18(25)15(23)10-21/h4-8,11-13,15-16,18,21-23,25H,9-10H2,1-3H3,(H,20,24)/t11-,12-,13+,15-,16?,18?/m0/s1. The lowest BCUT2D eigenvalue weighted by Gasteiger charge is -2.25. The number of benzene rings is 1. The van der Waals surface area contributed by atoms with Gasteiger partial charge in [0, 0.05) is 6.04 Å². The summed E-state index contributed by atoms with van der Waals surface area (Å²) in [4.78, 5) is 24.4. The predicted octanol–water partition coefficient (Wildman–Crippen LogP) is -0.897. The summed E-state index contributed by atoms with van der Waals surface area (Å²) in [5.41, 5.74) is 1.04. The van der Waals surface area contributed by atoms with Crippen LogP contribution >= 0.6 is 0 Å². The first-order valence-corrected chi connectivity index (χ1v) is 9.01. The van der Waals surface area contributed by atoms with Gasteiger partial charge in [0.1, 0.15) is 6.10 Å². The molecule has 0 spiro atoms. The van der Waals surface area contributed by atoms with Crippen LogP contribution in [-0.4, -0.2) is 75.7 Å². The van der Waals surface area contributed by atoms with E-state index in [0.717, 1.165) is 5.56 Å². The van der Waals surface area contributed by atoms with Gasteiger partial charge < -0.3 is 35.2 Å². The van der Waals surface area contributed by atoms with Crippen molar-refractivity contribution in [2.45, 2.75) is 63.9 Å². The van der Waals surface area contributed by atoms with E-state index in [0.29, 0.717) is 6.42 Å². The molecule has 1 aromatic rings. The fourth-order valence-electron chi connectivity index (χ4n) is 2.37. The highest BCUT2D eigenvalue weighted by atomic mass is 16.7. The number of ether oxygens (including phenoxy) is 2. The molecule has 0 aromatic heterocycles. The molecule has 28 heavy (non-hydrogen) atoms. The summed E-state index contributed by atoms with van der Waals surface area (Å²) >= 11 is 0. The van der Waals surface area contributed by atoms with E-state index in [2.05, 4.69) is 5.32 Å². The minimum atomic E-state index is -1.91. The van der Waals surface area contributed by atoms with E-state index in [1.807, 2.05) is 37.3 Å². The summed E-state index contributed by atoms with van der Waals surface area (Å²) in [5, 5.41) is 40.0. The summed E-state index contributed by atoms with van der Waals surface area (Å²) in [5.74, 6) is -1.62. The fourth-order valence-corrected chi connectivity index (χ4v) is 2.37. The second-order valence-corrected chi connectivity index (χ2v) is 6.62. The molecular weight excluding hydrogens is 370 g/mol. The van der Waals surface area contributed by atoms with E-state index in [1.165, 1.54) is 13.8 Å². The van der Waals surface area contributed by atoms with Crippen molar-refractivity contribution in [2.24, 2.45) is 0 Å². The van der Waals surface area contributed by atoms with Gasteiger partial charge in [-0.25, -0.2) is 4.79 Å². The van der Waals surface area contributed by atoms with Gasteiger partial charge in [-0.1, -0.05) is 30.3 Å². The first-order chi connectivity index (χ1) is 13.1. The number of nitrogens with one attached hydrogen (secondary N) is 1. The zero-order valence-electron chi connectivity index (χ0n) is 16.2. The Morgan fingerprint density at radius 2 is 1.68 bits per heavy atom. The number of carbonyl (C=O) groups is 2. The molecule has 1 amide bonds. The number of rotatable bonds is 11. The van der Waals surface area contributed by atoms with E-state index >= 15 is 0 Å². The van der Waals surface area contributed by atoms with Gasteiger partial charge in [0.05, 0.1) is 12.7 Å². The Bertz CT molecular complexity index is 609. The third-order valence-electron chi connectivity index (χ3n) is 3.91. The van der Waals surface area contributed by atoms with Crippen LogP contribution < -0.4 is 5.32 Å². The van der Waals surface area contributed by atoms with Crippen LogP contribution in [0.25, 0.3) is 0 Å². The van der Waals surface area contributed by atoms with Gasteiger partial charge in [-0.15, -0.1) is 0 Å². The monoisotopic (exact) mass is 399 g/mol. The van der Waals surface area contributed by atoms with Crippen molar-refractivity contribution in [2.75, 3.05) is 6.61 Å². The Morgan fingerprint density at radius 3 is 2.21 bits per heavy atom. The average Bonchev–Trinajstić information content (AvgIpc) is 2.65. The smallest absolute Gasteiger partial charge is 0.338 e. The van der Waals surface area contributed by atoms with Crippen LogP contribution in [0.5, 0.6) is 0 Å². The van der Waals surface area contributed by atoms with Gasteiger partial charge >= 0.3 is 5.97 Å². The summed E-state index contributed by atoms with van der Waals surface area (Å²) in [6.07, 6.45) is -7.18. The molecule has 0 aliphatic rings. The van der Waals surface area contributed by atoms with Crippen molar-refractivity contribution in [3.8, 4) is 0 Å². The molecule has 1 aromatic carbocycles. The zero-order valence-corrected chi connectivity index (χ0v) is 16.2. The molecular formula is C19H29NO8. The average molecular weight is 399 g/mol. The molecule has 5 N–H and O–H groups in total. The van der Waals surface area contributed by atoms with Crippen LogP contribution in [0.1, 0.15) is 26.3 Å². The fraction of sp³-hybridized carbons (Fsp3) is 0.579. The van der Waals surface area contributed by atoms with Gasteiger partial charge in [-0.3, -0.25) is 4.79 Å². The predicted molar refractivity (Wildman–Crippen MR) is 99.0 cm³/mol. The highest BCUT2D eigenvalue weighted by Gasteiger charge is 2.33. The van der Waals surface area contributed by atoms with Gasteiger partial charge in [0.2, 0.25) is 0 Å². The number of hydrogen-bond acceptors (Lipinski definition) is 8. The highest BCUT2D eigenvalue weighted by Crippen LogP contribution is 2.10. The first-order valence-electron chi connectivity index (χ1n) is 9.01. The first kappa shape index (κ1) is 24.0. The molecule has 0 heterocycles. The number of esters is 1. The maximum Gasteiger partial charge on any atom is 0.338 e. The SMILES string of the molecule is C[C@H](O)C(OC(O)[C@@H](O)CO)C(=O)O[C@H](C)C(=O)N[C@@H](C)Cc1ccccc1. The van der Waals surface area contributed by atoms with Crippen molar-refractivity contribution in [1.29, 1.82) is 0 Å². The number of amides is 1. The van der Waals surface area contributed by atoms with Crippen LogP contribution in [0, 0.1) is 0 Å². The quantitative estimate of drug-likeness (QED) is 0.238. The molecule has 9 heteroatoms. The van der Waals surface area contributed by atoms with E-state index < -0.39 is 49.2 Å². The molecule has 0 bridgehead atoms. The van der Waals surface area contributed by atoms with Crippen LogP contribution in [0.2, 0.25) is 0 Å². The molecule has 0 saturated carbocycles. The maximum atomic E-state index is 12.2. The van der Waals surface area contributed by atoms with Crippen molar-refractivity contribution in [1.82, 2.24) is 5.32 Å². The molecule has 0 aliphatic carbocycles. The summed E-state index contributed by atoms with van der Waals surface area (Å²) in [6.45, 7) is 3.59. The van der Waals surface area contributed by atoms with Crippen molar-refractivity contribution in [3.05, 3.63) is 35.9 Å². The van der Waals surface area contributed by atoms with Crippen molar-refractivity contribution < 1.29 is 39.5 Å². The summed E-state index contributed by atoms with van der Waals surface area (Å²) < 4.78 is 9.87. The Labute approximate surface area is 163 Å². The molecule has 158 valence electrons. The second kappa shape index (κ2) is 11.7. The lowest BCUT2D eigenvalue weighted by atomic mass is 10.1. The lowest BCUT2D eigenvalue weighted by molar-refractivity contribution is -0.222. The largest absolute Gasteiger partial charge is 0.451 e. The minimum absolute atomic E-state index is 0.207. The van der Waals surface area contributed by atoms with E-state index in [4.69, 9.17) is 14.6 Å². The molecule has 2 unspecified atom stereocenters. The van der Waals surface area contributed by atoms with Crippen LogP contribution in [0.15, 0.2) is 30.3 Å². The number of hydrogen-bond donors (Lipinski definition) is 5. The third kappa shape index (κ3) is 7.91. The lowest BCUT2D eigenvalue weighted by Crippen LogP contribution is -2.47. The number of carbonyl (C=O) groups excluding carboxylic acids is 2. The Balaban J connectivity index is 2.58. The van der Waals surface area contributed by atoms with Crippen molar-refractivity contribution in [3.63, 3.8) is 0 Å². The summed E-state index contributed by atoms with van der Waals surface area (Å²) in [7, 11) is 0. The molecule has 0 saturated heterocycles. The van der Waals surface area contributed by atoms with Gasteiger partial charge in [-0.05, 0) is 32.8 Å².